The molecule has 6 aromatic rings. The van der Waals surface area contributed by atoms with Crippen LogP contribution in [0.5, 0.6) is 0 Å². The maximum absolute atomic E-state index is 4.83. The largest absolute Gasteiger partial charge is 0.245 e. The Morgan fingerprint density at radius 1 is 0.633 bits per heavy atom. The van der Waals surface area contributed by atoms with Gasteiger partial charge >= 0.3 is 0 Å². The molecule has 0 radical (unpaired) electrons. The summed E-state index contributed by atoms with van der Waals surface area (Å²) in [6.45, 7) is 6.54. The molecule has 0 N–H and O–H groups in total. The summed E-state index contributed by atoms with van der Waals surface area (Å²) in [7, 11) is 0. The molecule has 3 aromatic heterocycles. The van der Waals surface area contributed by atoms with E-state index < -0.39 is 0 Å². The van der Waals surface area contributed by atoms with Crippen LogP contribution in [0.15, 0.2) is 46.9 Å². The molecule has 0 aliphatic heterocycles. The molecule has 0 amide bonds. The van der Waals surface area contributed by atoms with Crippen LogP contribution < -0.4 is 0 Å². The third-order valence-corrected chi connectivity index (χ3v) is 8.11. The monoisotopic (exact) mass is 443 g/mol. The van der Waals surface area contributed by atoms with Crippen LogP contribution >= 0.6 is 34.0 Å². The van der Waals surface area contributed by atoms with E-state index in [2.05, 4.69) is 56.1 Å². The standard InChI is InChI=1S/C24H17N3S3/c1-12-6-15(21-18(7-12)28-10-26-21)20-14(3)8-16(22-24(20)30-11-27-22)19-13(2)4-5-17-23(19)29-9-25-17/h4-11H,1-3H3. The van der Waals surface area contributed by atoms with Gasteiger partial charge in [-0.3, -0.25) is 0 Å². The van der Waals surface area contributed by atoms with Crippen molar-refractivity contribution in [2.24, 2.45) is 0 Å². The lowest BCUT2D eigenvalue weighted by Gasteiger charge is -2.14. The van der Waals surface area contributed by atoms with Crippen molar-refractivity contribution >= 4 is 64.7 Å². The SMILES string of the molecule is Cc1cc(-c2c(C)cc(-c3c(C)ccc4ncsc34)c3ncsc23)c2ncsc2c1. The first kappa shape index (κ1) is 18.1. The highest BCUT2D eigenvalue weighted by molar-refractivity contribution is 7.18. The summed E-state index contributed by atoms with van der Waals surface area (Å²) in [6, 6.07) is 11.1. The van der Waals surface area contributed by atoms with Crippen LogP contribution in [0.2, 0.25) is 0 Å². The van der Waals surface area contributed by atoms with Gasteiger partial charge in [-0.05, 0) is 61.7 Å². The molecule has 0 saturated heterocycles. The van der Waals surface area contributed by atoms with Gasteiger partial charge in [0.15, 0.2) is 0 Å². The van der Waals surface area contributed by atoms with Crippen molar-refractivity contribution in [3.05, 3.63) is 63.6 Å². The fourth-order valence-electron chi connectivity index (χ4n) is 4.33. The van der Waals surface area contributed by atoms with Crippen molar-refractivity contribution in [1.29, 1.82) is 0 Å². The zero-order valence-corrected chi connectivity index (χ0v) is 19.1. The summed E-state index contributed by atoms with van der Waals surface area (Å²) in [5.41, 5.74) is 17.7. The van der Waals surface area contributed by atoms with E-state index in [0.29, 0.717) is 0 Å². The Morgan fingerprint density at radius 3 is 2.23 bits per heavy atom. The van der Waals surface area contributed by atoms with Crippen molar-refractivity contribution in [3.8, 4) is 22.3 Å². The van der Waals surface area contributed by atoms with E-state index >= 15 is 0 Å². The summed E-state index contributed by atoms with van der Waals surface area (Å²) >= 11 is 5.11. The van der Waals surface area contributed by atoms with Gasteiger partial charge in [-0.1, -0.05) is 6.07 Å². The molecule has 3 nitrogen and oxygen atoms in total. The Hall–Kier alpha value is -2.67. The van der Waals surface area contributed by atoms with E-state index in [1.807, 2.05) is 16.5 Å². The first-order chi connectivity index (χ1) is 14.6. The molecule has 0 fully saturated rings. The smallest absolute Gasteiger partial charge is 0.0897 e. The molecule has 0 saturated carbocycles. The van der Waals surface area contributed by atoms with Crippen LogP contribution in [0, 0.1) is 20.8 Å². The summed E-state index contributed by atoms with van der Waals surface area (Å²) in [5.74, 6) is 0. The van der Waals surface area contributed by atoms with Gasteiger partial charge in [-0.15, -0.1) is 34.0 Å². The highest BCUT2D eigenvalue weighted by Crippen LogP contribution is 2.45. The Kier molecular flexibility index (Phi) is 4.03. The molecule has 3 aromatic carbocycles. The number of hydrogen-bond donors (Lipinski definition) is 0. The first-order valence-electron chi connectivity index (χ1n) is 9.66. The number of aryl methyl sites for hydroxylation is 3. The third-order valence-electron chi connectivity index (χ3n) is 5.63. The van der Waals surface area contributed by atoms with Gasteiger partial charge in [0.1, 0.15) is 0 Å². The molecule has 0 unspecified atom stereocenters. The van der Waals surface area contributed by atoms with Crippen LogP contribution in [-0.4, -0.2) is 15.0 Å². The molecule has 0 aliphatic carbocycles. The molecule has 6 heteroatoms. The van der Waals surface area contributed by atoms with Gasteiger partial charge in [-0.25, -0.2) is 15.0 Å². The number of aromatic nitrogens is 3. The molecule has 0 spiro atoms. The molecule has 30 heavy (non-hydrogen) atoms. The van der Waals surface area contributed by atoms with E-state index in [-0.39, 0.29) is 0 Å². The van der Waals surface area contributed by atoms with E-state index in [0.717, 1.165) is 16.6 Å². The summed E-state index contributed by atoms with van der Waals surface area (Å²) in [6.07, 6.45) is 0. The predicted molar refractivity (Wildman–Crippen MR) is 131 cm³/mol. The fourth-order valence-corrected chi connectivity index (χ4v) is 6.96. The van der Waals surface area contributed by atoms with Crippen molar-refractivity contribution < 1.29 is 0 Å². The van der Waals surface area contributed by atoms with E-state index in [4.69, 9.17) is 9.97 Å². The van der Waals surface area contributed by atoms with Crippen molar-refractivity contribution in [2.45, 2.75) is 20.8 Å². The minimum Gasteiger partial charge on any atom is -0.245 e. The second kappa shape index (κ2) is 6.67. The van der Waals surface area contributed by atoms with Gasteiger partial charge in [0.05, 0.1) is 47.2 Å². The van der Waals surface area contributed by atoms with Gasteiger partial charge in [0.25, 0.3) is 0 Å². The third kappa shape index (κ3) is 2.57. The highest BCUT2D eigenvalue weighted by atomic mass is 32.1. The molecule has 3 heterocycles. The first-order valence-corrected chi connectivity index (χ1v) is 12.3. The number of hydrogen-bond acceptors (Lipinski definition) is 6. The molecular weight excluding hydrogens is 426 g/mol. The number of rotatable bonds is 2. The number of fused-ring (bicyclic) bond motifs is 3. The van der Waals surface area contributed by atoms with Crippen LogP contribution in [0.3, 0.4) is 0 Å². The van der Waals surface area contributed by atoms with Crippen LogP contribution in [0.25, 0.3) is 52.9 Å². The molecule has 146 valence electrons. The van der Waals surface area contributed by atoms with E-state index in [9.17, 15) is 0 Å². The van der Waals surface area contributed by atoms with Gasteiger partial charge < -0.3 is 0 Å². The highest BCUT2D eigenvalue weighted by Gasteiger charge is 2.20. The predicted octanol–water partition coefficient (Wildman–Crippen LogP) is 7.77. The van der Waals surface area contributed by atoms with Crippen molar-refractivity contribution in [2.75, 3.05) is 0 Å². The topological polar surface area (TPSA) is 38.7 Å². The molecule has 6 rings (SSSR count). The Bertz CT molecular complexity index is 1590. The Balaban J connectivity index is 1.72. The molecule has 0 atom stereocenters. The Morgan fingerprint density at radius 2 is 1.33 bits per heavy atom. The minimum absolute atomic E-state index is 1.05. The maximum atomic E-state index is 4.83. The van der Waals surface area contributed by atoms with Crippen LogP contribution in [0.4, 0.5) is 0 Å². The zero-order valence-electron chi connectivity index (χ0n) is 16.7. The quantitative estimate of drug-likeness (QED) is 0.274. The van der Waals surface area contributed by atoms with Gasteiger partial charge in [-0.2, -0.15) is 0 Å². The normalized spacial score (nSPS) is 11.8. The lowest BCUT2D eigenvalue weighted by molar-refractivity contribution is 1.42. The van der Waals surface area contributed by atoms with E-state index in [1.54, 1.807) is 34.0 Å². The number of nitrogens with zero attached hydrogens (tertiary/aromatic N) is 3. The molecular formula is C24H17N3S3. The second-order valence-electron chi connectivity index (χ2n) is 7.62. The maximum Gasteiger partial charge on any atom is 0.0897 e. The minimum atomic E-state index is 1.05. The number of thiazole rings is 3. The van der Waals surface area contributed by atoms with Crippen molar-refractivity contribution in [1.82, 2.24) is 15.0 Å². The van der Waals surface area contributed by atoms with Crippen LogP contribution in [0.1, 0.15) is 16.7 Å². The molecule has 0 bridgehead atoms. The van der Waals surface area contributed by atoms with Crippen LogP contribution in [-0.2, 0) is 0 Å². The second-order valence-corrected chi connectivity index (χ2v) is 10.2. The van der Waals surface area contributed by atoms with Gasteiger partial charge in [0, 0.05) is 22.3 Å². The van der Waals surface area contributed by atoms with Crippen molar-refractivity contribution in [3.63, 3.8) is 0 Å². The summed E-state index contributed by atoms with van der Waals surface area (Å²) < 4.78 is 3.69. The lowest BCUT2D eigenvalue weighted by atomic mass is 9.91. The van der Waals surface area contributed by atoms with E-state index in [1.165, 1.54) is 53.0 Å². The number of benzene rings is 3. The van der Waals surface area contributed by atoms with Gasteiger partial charge in [0.2, 0.25) is 0 Å². The summed E-state index contributed by atoms with van der Waals surface area (Å²) in [4.78, 5) is 14.1. The average molecular weight is 444 g/mol. The zero-order chi connectivity index (χ0) is 20.4. The fraction of sp³-hybridized carbons (Fsp3) is 0.125. The average Bonchev–Trinajstić information content (AvgIpc) is 3.47. The lowest BCUT2D eigenvalue weighted by Crippen LogP contribution is -1.92. The summed E-state index contributed by atoms with van der Waals surface area (Å²) in [5, 5.41) is 0. The Labute approximate surface area is 185 Å². The molecule has 0 aliphatic rings.